The van der Waals surface area contributed by atoms with Crippen molar-refractivity contribution in [3.8, 4) is 0 Å². The van der Waals surface area contributed by atoms with E-state index in [0.29, 0.717) is 28.8 Å². The van der Waals surface area contributed by atoms with E-state index in [1.54, 1.807) is 12.1 Å². The van der Waals surface area contributed by atoms with Crippen molar-refractivity contribution in [3.63, 3.8) is 0 Å². The quantitative estimate of drug-likeness (QED) is 0.514. The highest BCUT2D eigenvalue weighted by Crippen LogP contribution is 2.21. The lowest BCUT2D eigenvalue weighted by molar-refractivity contribution is 0.0696. The summed E-state index contributed by atoms with van der Waals surface area (Å²) in [5, 5.41) is 10.1. The van der Waals surface area contributed by atoms with Crippen LogP contribution in [0.5, 0.6) is 0 Å². The second kappa shape index (κ2) is 6.18. The number of ether oxygens (including phenoxy) is 1. The number of morpholine rings is 1. The van der Waals surface area contributed by atoms with Crippen molar-refractivity contribution in [2.24, 2.45) is 0 Å². The van der Waals surface area contributed by atoms with Crippen molar-refractivity contribution >= 4 is 34.4 Å². The SMILES string of the molecule is OC=C(C(=S)N1CCOCC1)c1ccc(Cl)cc1. The summed E-state index contributed by atoms with van der Waals surface area (Å²) in [7, 11) is 0. The van der Waals surface area contributed by atoms with Gasteiger partial charge >= 0.3 is 0 Å². The molecule has 1 aromatic carbocycles. The molecule has 1 saturated heterocycles. The molecule has 2 rings (SSSR count). The largest absolute Gasteiger partial charge is 0.515 e. The van der Waals surface area contributed by atoms with Crippen molar-refractivity contribution < 1.29 is 9.84 Å². The van der Waals surface area contributed by atoms with Crippen LogP contribution in [0.1, 0.15) is 5.56 Å². The summed E-state index contributed by atoms with van der Waals surface area (Å²) in [5.41, 5.74) is 1.50. The molecule has 0 saturated carbocycles. The molecule has 1 heterocycles. The Kier molecular flexibility index (Phi) is 4.58. The van der Waals surface area contributed by atoms with Gasteiger partial charge < -0.3 is 14.7 Å². The molecule has 5 heteroatoms. The maximum atomic E-state index is 9.41. The topological polar surface area (TPSA) is 32.7 Å². The van der Waals surface area contributed by atoms with Gasteiger partial charge in [-0.25, -0.2) is 0 Å². The van der Waals surface area contributed by atoms with E-state index in [1.807, 2.05) is 17.0 Å². The highest BCUT2D eigenvalue weighted by atomic mass is 35.5. The highest BCUT2D eigenvalue weighted by molar-refractivity contribution is 7.81. The fraction of sp³-hybridized carbons (Fsp3) is 0.308. The monoisotopic (exact) mass is 283 g/mol. The number of nitrogens with zero attached hydrogens (tertiary/aromatic N) is 1. The zero-order valence-electron chi connectivity index (χ0n) is 9.80. The molecule has 1 N–H and O–H groups in total. The summed E-state index contributed by atoms with van der Waals surface area (Å²) in [6, 6.07) is 7.25. The van der Waals surface area contributed by atoms with Crippen LogP contribution >= 0.6 is 23.8 Å². The van der Waals surface area contributed by atoms with E-state index >= 15 is 0 Å². The maximum Gasteiger partial charge on any atom is 0.113 e. The van der Waals surface area contributed by atoms with Crippen LogP contribution in [-0.4, -0.2) is 41.3 Å². The summed E-state index contributed by atoms with van der Waals surface area (Å²) in [4.78, 5) is 2.68. The number of aliphatic hydroxyl groups is 1. The number of rotatable bonds is 2. The van der Waals surface area contributed by atoms with Crippen LogP contribution in [0.25, 0.3) is 5.57 Å². The first-order valence-corrected chi connectivity index (χ1v) is 6.48. The van der Waals surface area contributed by atoms with Crippen molar-refractivity contribution in [2.45, 2.75) is 0 Å². The van der Waals surface area contributed by atoms with E-state index in [1.165, 1.54) is 0 Å². The zero-order chi connectivity index (χ0) is 13.0. The van der Waals surface area contributed by atoms with Crippen LogP contribution in [0.15, 0.2) is 30.5 Å². The van der Waals surface area contributed by atoms with Crippen LogP contribution in [0, 0.1) is 0 Å². The minimum Gasteiger partial charge on any atom is -0.515 e. The van der Waals surface area contributed by atoms with Gasteiger partial charge in [0, 0.05) is 18.1 Å². The molecule has 0 bridgehead atoms. The van der Waals surface area contributed by atoms with E-state index in [4.69, 9.17) is 28.6 Å². The summed E-state index contributed by atoms with van der Waals surface area (Å²) in [5.74, 6) is 0. The van der Waals surface area contributed by atoms with Crippen LogP contribution in [-0.2, 0) is 4.74 Å². The van der Waals surface area contributed by atoms with Gasteiger partial charge in [0.2, 0.25) is 0 Å². The van der Waals surface area contributed by atoms with E-state index in [9.17, 15) is 5.11 Å². The Morgan fingerprint density at radius 1 is 1.28 bits per heavy atom. The first kappa shape index (κ1) is 13.3. The number of aliphatic hydroxyl groups excluding tert-OH is 1. The van der Waals surface area contributed by atoms with Gasteiger partial charge in [0.25, 0.3) is 0 Å². The molecule has 1 aliphatic rings. The average molecular weight is 284 g/mol. The molecule has 1 aliphatic heterocycles. The smallest absolute Gasteiger partial charge is 0.113 e. The molecule has 1 aromatic rings. The van der Waals surface area contributed by atoms with Crippen LogP contribution < -0.4 is 0 Å². The Bertz CT molecular complexity index is 453. The first-order chi connectivity index (χ1) is 8.72. The Morgan fingerprint density at radius 3 is 2.44 bits per heavy atom. The molecule has 0 spiro atoms. The first-order valence-electron chi connectivity index (χ1n) is 5.69. The van der Waals surface area contributed by atoms with Crippen LogP contribution in [0.4, 0.5) is 0 Å². The molecule has 18 heavy (non-hydrogen) atoms. The van der Waals surface area contributed by atoms with Gasteiger partial charge in [-0.05, 0) is 17.7 Å². The van der Waals surface area contributed by atoms with Gasteiger partial charge in [0.15, 0.2) is 0 Å². The van der Waals surface area contributed by atoms with E-state index in [0.717, 1.165) is 24.9 Å². The molecule has 0 aromatic heterocycles. The molecule has 0 radical (unpaired) electrons. The Morgan fingerprint density at radius 2 is 1.89 bits per heavy atom. The number of hydrogen-bond donors (Lipinski definition) is 1. The standard InChI is InChI=1S/C13H14ClNO2S/c14-11-3-1-10(2-4-11)12(9-16)13(18)15-5-7-17-8-6-15/h1-4,9,16H,5-8H2. The van der Waals surface area contributed by atoms with E-state index in [-0.39, 0.29) is 0 Å². The second-order valence-electron chi connectivity index (χ2n) is 3.95. The van der Waals surface area contributed by atoms with Gasteiger partial charge in [0.05, 0.1) is 25.0 Å². The summed E-state index contributed by atoms with van der Waals surface area (Å²) in [6.07, 6.45) is 1.06. The van der Waals surface area contributed by atoms with Crippen molar-refractivity contribution in [1.29, 1.82) is 0 Å². The van der Waals surface area contributed by atoms with E-state index < -0.39 is 0 Å². The third-order valence-corrected chi connectivity index (χ3v) is 3.54. The molecule has 96 valence electrons. The Hall–Kier alpha value is -1.10. The fourth-order valence-electron chi connectivity index (χ4n) is 1.82. The van der Waals surface area contributed by atoms with Crippen LogP contribution in [0.3, 0.4) is 0 Å². The Labute approximate surface area is 117 Å². The van der Waals surface area contributed by atoms with Crippen molar-refractivity contribution in [2.75, 3.05) is 26.3 Å². The molecular weight excluding hydrogens is 270 g/mol. The number of hydrogen-bond acceptors (Lipinski definition) is 3. The minimum absolute atomic E-state index is 0.642. The van der Waals surface area contributed by atoms with Crippen LogP contribution in [0.2, 0.25) is 5.02 Å². The number of thiocarbonyl (C=S) groups is 1. The normalized spacial score (nSPS) is 16.7. The highest BCUT2D eigenvalue weighted by Gasteiger charge is 2.18. The van der Waals surface area contributed by atoms with Crippen molar-refractivity contribution in [1.82, 2.24) is 4.90 Å². The van der Waals surface area contributed by atoms with Gasteiger partial charge in [0.1, 0.15) is 4.99 Å². The summed E-state index contributed by atoms with van der Waals surface area (Å²) >= 11 is 11.3. The molecule has 1 fully saturated rings. The summed E-state index contributed by atoms with van der Waals surface area (Å²) in [6.45, 7) is 2.84. The molecular formula is C13H14ClNO2S. The number of benzene rings is 1. The van der Waals surface area contributed by atoms with E-state index in [2.05, 4.69) is 0 Å². The zero-order valence-corrected chi connectivity index (χ0v) is 11.4. The predicted octanol–water partition coefficient (Wildman–Crippen LogP) is 2.90. The second-order valence-corrected chi connectivity index (χ2v) is 4.78. The molecule has 0 aliphatic carbocycles. The minimum atomic E-state index is 0.642. The number of halogens is 1. The lowest BCUT2D eigenvalue weighted by Gasteiger charge is -2.30. The third kappa shape index (κ3) is 3.02. The molecule has 0 unspecified atom stereocenters. The lowest BCUT2D eigenvalue weighted by atomic mass is 10.1. The average Bonchev–Trinajstić information content (AvgIpc) is 2.42. The van der Waals surface area contributed by atoms with Gasteiger partial charge in [-0.2, -0.15) is 0 Å². The van der Waals surface area contributed by atoms with Gasteiger partial charge in [-0.3, -0.25) is 0 Å². The fourth-order valence-corrected chi connectivity index (χ4v) is 2.30. The molecule has 0 atom stereocenters. The molecule has 0 amide bonds. The van der Waals surface area contributed by atoms with Gasteiger partial charge in [-0.15, -0.1) is 0 Å². The third-order valence-electron chi connectivity index (χ3n) is 2.81. The predicted molar refractivity (Wildman–Crippen MR) is 77.0 cm³/mol. The Balaban J connectivity index is 2.18. The van der Waals surface area contributed by atoms with Gasteiger partial charge in [-0.1, -0.05) is 36.0 Å². The molecule has 3 nitrogen and oxygen atoms in total. The lowest BCUT2D eigenvalue weighted by Crippen LogP contribution is -2.40. The van der Waals surface area contributed by atoms with Crippen molar-refractivity contribution in [3.05, 3.63) is 41.1 Å². The maximum absolute atomic E-state index is 9.41. The summed E-state index contributed by atoms with van der Waals surface area (Å²) < 4.78 is 5.28.